The van der Waals surface area contributed by atoms with E-state index in [0.717, 1.165) is 32.1 Å². The lowest BCUT2D eigenvalue weighted by Gasteiger charge is -2.15. The number of hydrogen-bond acceptors (Lipinski definition) is 5. The fourth-order valence-corrected chi connectivity index (χ4v) is 12.7. The Hall–Kier alpha value is -1.62. The molecular formula is C81H156O5. The van der Waals surface area contributed by atoms with E-state index in [1.165, 1.54) is 405 Å². The van der Waals surface area contributed by atoms with Gasteiger partial charge in [0.2, 0.25) is 0 Å². The molecule has 0 saturated heterocycles. The molecule has 0 fully saturated rings. The number of hydrogen-bond donors (Lipinski definition) is 1. The van der Waals surface area contributed by atoms with Crippen LogP contribution in [0, 0.1) is 0 Å². The molecule has 5 nitrogen and oxygen atoms in total. The highest BCUT2D eigenvalue weighted by Gasteiger charge is 2.16. The van der Waals surface area contributed by atoms with Gasteiger partial charge >= 0.3 is 11.9 Å². The summed E-state index contributed by atoms with van der Waals surface area (Å²) in [5.74, 6) is -0.559. The van der Waals surface area contributed by atoms with Gasteiger partial charge in [-0.2, -0.15) is 0 Å². The van der Waals surface area contributed by atoms with Crippen molar-refractivity contribution in [2.45, 2.75) is 469 Å². The number of carbonyl (C=O) groups excluding carboxylic acids is 2. The zero-order valence-electron chi connectivity index (χ0n) is 58.9. The highest BCUT2D eigenvalue weighted by molar-refractivity contribution is 5.70. The van der Waals surface area contributed by atoms with Crippen molar-refractivity contribution in [3.63, 3.8) is 0 Å². The largest absolute Gasteiger partial charge is 0.462 e. The number of esters is 2. The van der Waals surface area contributed by atoms with Crippen LogP contribution in [0.15, 0.2) is 24.3 Å². The second-order valence-corrected chi connectivity index (χ2v) is 27.5. The van der Waals surface area contributed by atoms with Crippen molar-refractivity contribution in [2.75, 3.05) is 13.2 Å². The van der Waals surface area contributed by atoms with Gasteiger partial charge in [-0.15, -0.1) is 0 Å². The molecule has 0 aliphatic heterocycles. The Bertz CT molecular complexity index is 1320. The van der Waals surface area contributed by atoms with Crippen molar-refractivity contribution in [3.8, 4) is 0 Å². The molecule has 0 spiro atoms. The van der Waals surface area contributed by atoms with E-state index >= 15 is 0 Å². The van der Waals surface area contributed by atoms with Crippen molar-refractivity contribution >= 4 is 11.9 Å². The van der Waals surface area contributed by atoms with Crippen molar-refractivity contribution in [3.05, 3.63) is 24.3 Å². The third-order valence-corrected chi connectivity index (χ3v) is 18.7. The number of unbranched alkanes of at least 4 members (excludes halogenated alkanes) is 64. The van der Waals surface area contributed by atoms with Gasteiger partial charge in [-0.3, -0.25) is 9.59 Å². The minimum atomic E-state index is -0.769. The molecule has 0 aromatic carbocycles. The summed E-state index contributed by atoms with van der Waals surface area (Å²) in [6.45, 7) is 4.22. The van der Waals surface area contributed by atoms with E-state index in [4.69, 9.17) is 9.47 Å². The molecule has 0 heterocycles. The molecular weight excluding hydrogens is 1050 g/mol. The monoisotopic (exact) mass is 1210 g/mol. The highest BCUT2D eigenvalue weighted by Crippen LogP contribution is 2.20. The first-order valence-electron chi connectivity index (χ1n) is 39.9. The lowest BCUT2D eigenvalue weighted by atomic mass is 10.0. The molecule has 0 saturated carbocycles. The molecule has 0 radical (unpaired) electrons. The van der Waals surface area contributed by atoms with Crippen LogP contribution < -0.4 is 0 Å². The summed E-state index contributed by atoms with van der Waals surface area (Å²) >= 11 is 0. The molecule has 86 heavy (non-hydrogen) atoms. The Kier molecular flexibility index (Phi) is 76.2. The first kappa shape index (κ1) is 84.4. The molecule has 0 rings (SSSR count). The average molecular weight is 1210 g/mol. The Balaban J connectivity index is 3.35. The van der Waals surface area contributed by atoms with Gasteiger partial charge in [-0.1, -0.05) is 411 Å². The summed E-state index contributed by atoms with van der Waals surface area (Å²) in [4.78, 5) is 24.7. The van der Waals surface area contributed by atoms with E-state index in [1.807, 2.05) is 0 Å². The summed E-state index contributed by atoms with van der Waals surface area (Å²) in [6, 6.07) is 0. The smallest absolute Gasteiger partial charge is 0.306 e. The quantitative estimate of drug-likeness (QED) is 0.0373. The standard InChI is InChI=1S/C81H156O5/c1-3-5-7-9-11-13-15-17-19-21-23-25-27-29-31-33-35-37-39-40-42-44-46-48-50-52-54-56-58-60-62-64-66-68-70-72-74-76-81(84)86-79(77-82)78-85-80(83)75-73-71-69-67-65-63-61-59-57-55-53-51-49-47-45-43-41-38-36-34-32-30-28-26-24-22-20-18-16-14-12-10-8-6-4-2/h21-24,79,82H,3-20,25-78H2,1-2H3/b23-21-,24-22-. The zero-order valence-corrected chi connectivity index (χ0v) is 58.9. The molecule has 510 valence electrons. The molecule has 1 atom stereocenters. The minimum absolute atomic E-state index is 0.0572. The van der Waals surface area contributed by atoms with E-state index in [-0.39, 0.29) is 25.2 Å². The zero-order chi connectivity index (χ0) is 61.9. The molecule has 0 bridgehead atoms. The minimum Gasteiger partial charge on any atom is -0.462 e. The van der Waals surface area contributed by atoms with Gasteiger partial charge in [-0.25, -0.2) is 0 Å². The van der Waals surface area contributed by atoms with E-state index in [0.29, 0.717) is 12.8 Å². The summed E-state index contributed by atoms with van der Waals surface area (Å²) < 4.78 is 10.8. The van der Waals surface area contributed by atoms with Crippen molar-refractivity contribution in [2.24, 2.45) is 0 Å². The van der Waals surface area contributed by atoms with Gasteiger partial charge in [0.1, 0.15) is 6.61 Å². The number of allylic oxidation sites excluding steroid dienone is 4. The lowest BCUT2D eigenvalue weighted by molar-refractivity contribution is -0.161. The third-order valence-electron chi connectivity index (χ3n) is 18.7. The molecule has 5 heteroatoms. The average Bonchev–Trinajstić information content (AvgIpc) is 3.53. The van der Waals surface area contributed by atoms with Gasteiger partial charge < -0.3 is 14.6 Å². The molecule has 0 aliphatic rings. The second kappa shape index (κ2) is 77.6. The van der Waals surface area contributed by atoms with Crippen LogP contribution in [0.4, 0.5) is 0 Å². The SMILES string of the molecule is CCCCCCCCCC/C=C\CCCCCCCCCCCCCCCCCCCCCCCCCCCC(=O)OC(CO)COC(=O)CCCCCCCCCCCCCCCCCCCCCCCCC/C=C\CCCCCCCCCC. The Morgan fingerprint density at radius 1 is 0.256 bits per heavy atom. The van der Waals surface area contributed by atoms with Gasteiger partial charge in [0, 0.05) is 12.8 Å². The van der Waals surface area contributed by atoms with Crippen molar-refractivity contribution in [1.29, 1.82) is 0 Å². The maximum Gasteiger partial charge on any atom is 0.306 e. The lowest BCUT2D eigenvalue weighted by Crippen LogP contribution is -2.28. The van der Waals surface area contributed by atoms with E-state index in [2.05, 4.69) is 38.2 Å². The summed E-state index contributed by atoms with van der Waals surface area (Å²) in [5.41, 5.74) is 0. The van der Waals surface area contributed by atoms with E-state index in [9.17, 15) is 14.7 Å². The molecule has 0 aliphatic carbocycles. The molecule has 1 unspecified atom stereocenters. The van der Waals surface area contributed by atoms with Crippen LogP contribution in [0.2, 0.25) is 0 Å². The van der Waals surface area contributed by atoms with Crippen molar-refractivity contribution < 1.29 is 24.2 Å². The van der Waals surface area contributed by atoms with Gasteiger partial charge in [0.15, 0.2) is 6.10 Å². The summed E-state index contributed by atoms with van der Waals surface area (Å²) in [7, 11) is 0. The Morgan fingerprint density at radius 2 is 0.430 bits per heavy atom. The molecule has 0 aromatic rings. The number of rotatable bonds is 76. The topological polar surface area (TPSA) is 72.8 Å². The normalized spacial score (nSPS) is 12.2. The van der Waals surface area contributed by atoms with Crippen LogP contribution in [-0.4, -0.2) is 36.4 Å². The predicted octanol–water partition coefficient (Wildman–Crippen LogP) is 27.9. The predicted molar refractivity (Wildman–Crippen MR) is 381 cm³/mol. The van der Waals surface area contributed by atoms with Gasteiger partial charge in [0.05, 0.1) is 6.61 Å². The van der Waals surface area contributed by atoms with Gasteiger partial charge in [0.25, 0.3) is 0 Å². The van der Waals surface area contributed by atoms with Crippen molar-refractivity contribution in [1.82, 2.24) is 0 Å². The first-order chi connectivity index (χ1) is 42.6. The maximum absolute atomic E-state index is 12.4. The first-order valence-corrected chi connectivity index (χ1v) is 39.9. The highest BCUT2D eigenvalue weighted by atomic mass is 16.6. The van der Waals surface area contributed by atoms with E-state index in [1.54, 1.807) is 0 Å². The van der Waals surface area contributed by atoms with E-state index < -0.39 is 6.10 Å². The van der Waals surface area contributed by atoms with Crippen LogP contribution in [0.3, 0.4) is 0 Å². The molecule has 0 amide bonds. The fourth-order valence-electron chi connectivity index (χ4n) is 12.7. The summed E-state index contributed by atoms with van der Waals surface area (Å²) in [5, 5.41) is 9.73. The number of aliphatic hydroxyl groups is 1. The van der Waals surface area contributed by atoms with Crippen LogP contribution >= 0.6 is 0 Å². The van der Waals surface area contributed by atoms with Crippen LogP contribution in [0.25, 0.3) is 0 Å². The van der Waals surface area contributed by atoms with Crippen LogP contribution in [-0.2, 0) is 19.1 Å². The maximum atomic E-state index is 12.4. The Morgan fingerprint density at radius 3 is 0.628 bits per heavy atom. The van der Waals surface area contributed by atoms with Gasteiger partial charge in [-0.05, 0) is 64.2 Å². The number of aliphatic hydroxyl groups excluding tert-OH is 1. The number of carbonyl (C=O) groups is 2. The van der Waals surface area contributed by atoms with Crippen LogP contribution in [0.5, 0.6) is 0 Å². The Labute approximate surface area is 540 Å². The number of ether oxygens (including phenoxy) is 2. The molecule has 1 N–H and O–H groups in total. The van der Waals surface area contributed by atoms with Crippen LogP contribution in [0.1, 0.15) is 463 Å². The third kappa shape index (κ3) is 74.8. The summed E-state index contributed by atoms with van der Waals surface area (Å²) in [6.07, 6.45) is 103. The fraction of sp³-hybridized carbons (Fsp3) is 0.926. The molecule has 0 aromatic heterocycles. The second-order valence-electron chi connectivity index (χ2n) is 27.5.